The molecule has 0 radical (unpaired) electrons. The van der Waals surface area contributed by atoms with E-state index in [1.54, 1.807) is 18.2 Å². The van der Waals surface area contributed by atoms with Crippen molar-refractivity contribution >= 4 is 81.2 Å². The average Bonchev–Trinajstić information content (AvgIpc) is 3.43. The van der Waals surface area contributed by atoms with Gasteiger partial charge in [-0.1, -0.05) is 53.5 Å². The van der Waals surface area contributed by atoms with Crippen molar-refractivity contribution in [3.63, 3.8) is 0 Å². The predicted molar refractivity (Wildman–Crippen MR) is 141 cm³/mol. The lowest BCUT2D eigenvalue weighted by Gasteiger charge is -2.11. The fraction of sp³-hybridized carbons (Fsp3) is 0.167. The molecule has 0 heterocycles. The molecule has 0 saturated heterocycles. The number of hydrogen-bond acceptors (Lipinski definition) is 2. The van der Waals surface area contributed by atoms with Gasteiger partial charge in [-0.25, -0.2) is 8.78 Å². The zero-order valence-electron chi connectivity index (χ0n) is 18.1. The van der Waals surface area contributed by atoms with Crippen LogP contribution >= 0.6 is 58.0 Å². The first-order valence-electron chi connectivity index (χ1n) is 9.93. The predicted octanol–water partition coefficient (Wildman–Crippen LogP) is 8.69. The average molecular weight is 583 g/mol. The summed E-state index contributed by atoms with van der Waals surface area (Å²) in [7, 11) is 0. The molecule has 2 N–H and O–H groups in total. The molecule has 2 amide bonds. The van der Waals surface area contributed by atoms with Gasteiger partial charge in [0.05, 0.1) is 22.2 Å². The van der Waals surface area contributed by atoms with Gasteiger partial charge in [0.1, 0.15) is 16.0 Å². The highest BCUT2D eigenvalue weighted by molar-refractivity contribution is 6.52. The molecule has 0 spiro atoms. The molecule has 1 fully saturated rings. The number of nitrogens with one attached hydrogen (secondary N) is 2. The summed E-state index contributed by atoms with van der Waals surface area (Å²) in [6.45, 7) is 4.67. The number of hydrogen-bond donors (Lipinski definition) is 2. The van der Waals surface area contributed by atoms with Gasteiger partial charge < -0.3 is 10.6 Å². The molecule has 1 aliphatic carbocycles. The van der Waals surface area contributed by atoms with E-state index < -0.39 is 33.4 Å². The number of halogens is 7. The van der Waals surface area contributed by atoms with Gasteiger partial charge in [0.15, 0.2) is 0 Å². The third kappa shape index (κ3) is 9.13. The number of rotatable bonds is 6. The lowest BCUT2D eigenvalue weighted by atomic mass is 10.2. The second kappa shape index (κ2) is 12.7. The van der Waals surface area contributed by atoms with Gasteiger partial charge in [0.25, 0.3) is 5.91 Å². The van der Waals surface area contributed by atoms with Crippen molar-refractivity contribution in [2.45, 2.75) is 17.7 Å². The zero-order valence-corrected chi connectivity index (χ0v) is 21.9. The Morgan fingerprint density at radius 3 is 2.14 bits per heavy atom. The summed E-state index contributed by atoms with van der Waals surface area (Å²) in [5.41, 5.74) is -0.138. The topological polar surface area (TPSA) is 58.2 Å². The third-order valence-corrected chi connectivity index (χ3v) is 6.15. The van der Waals surface area contributed by atoms with Crippen LogP contribution in [0, 0.1) is 5.92 Å². The molecule has 0 aliphatic heterocycles. The molecule has 2 aromatic carbocycles. The summed E-state index contributed by atoms with van der Waals surface area (Å²) >= 11 is 28.8. The molecule has 1 aliphatic rings. The van der Waals surface area contributed by atoms with E-state index in [2.05, 4.69) is 17.2 Å². The van der Waals surface area contributed by atoms with Crippen LogP contribution < -0.4 is 10.6 Å². The highest BCUT2D eigenvalue weighted by atomic mass is 35.5. The number of benzene rings is 2. The smallest absolute Gasteiger partial charge is 0.258 e. The lowest BCUT2D eigenvalue weighted by molar-refractivity contribution is -0.117. The molecule has 1 saturated carbocycles. The van der Waals surface area contributed by atoms with Crippen molar-refractivity contribution < 1.29 is 18.4 Å². The van der Waals surface area contributed by atoms with Gasteiger partial charge in [0, 0.05) is 21.8 Å². The van der Waals surface area contributed by atoms with Gasteiger partial charge in [-0.2, -0.15) is 0 Å². The maximum atomic E-state index is 13.8. The van der Waals surface area contributed by atoms with Crippen LogP contribution in [0.25, 0.3) is 0 Å². The second-order valence-corrected chi connectivity index (χ2v) is 10.1. The molecule has 186 valence electrons. The molecular formula is C24H19Cl5F2N2O2. The molecular weight excluding hydrogens is 564 g/mol. The monoisotopic (exact) mass is 580 g/mol. The van der Waals surface area contributed by atoms with Crippen molar-refractivity contribution in [1.82, 2.24) is 0 Å². The van der Waals surface area contributed by atoms with Crippen molar-refractivity contribution in [2.24, 2.45) is 5.92 Å². The summed E-state index contributed by atoms with van der Waals surface area (Å²) in [5, 5.41) is 6.47. The summed E-state index contributed by atoms with van der Waals surface area (Å²) in [6, 6.07) is 11.4. The maximum absolute atomic E-state index is 13.8. The highest BCUT2D eigenvalue weighted by Gasteiger charge is 2.56. The molecule has 11 heteroatoms. The van der Waals surface area contributed by atoms with Crippen LogP contribution in [-0.4, -0.2) is 16.1 Å². The van der Waals surface area contributed by atoms with Crippen LogP contribution in [0.4, 0.5) is 20.2 Å². The maximum Gasteiger partial charge on any atom is 0.258 e. The van der Waals surface area contributed by atoms with E-state index >= 15 is 0 Å². The Kier molecular flexibility index (Phi) is 10.6. The molecule has 0 bridgehead atoms. The van der Waals surface area contributed by atoms with E-state index in [9.17, 15) is 18.4 Å². The fourth-order valence-electron chi connectivity index (χ4n) is 2.48. The quantitative estimate of drug-likeness (QED) is 0.203. The fourth-order valence-corrected chi connectivity index (χ4v) is 3.59. The summed E-state index contributed by atoms with van der Waals surface area (Å²) in [5.74, 6) is -3.80. The Morgan fingerprint density at radius 2 is 1.66 bits per heavy atom. The minimum Gasteiger partial charge on any atom is -0.326 e. The molecule has 1 unspecified atom stereocenters. The number of carbonyl (C=O) groups is 2. The van der Waals surface area contributed by atoms with E-state index in [0.29, 0.717) is 28.2 Å². The van der Waals surface area contributed by atoms with Crippen LogP contribution in [0.2, 0.25) is 15.1 Å². The van der Waals surface area contributed by atoms with E-state index in [0.717, 1.165) is 6.08 Å². The molecule has 4 nitrogen and oxygen atoms in total. The first kappa shape index (κ1) is 29.1. The Hall–Kier alpha value is -2.09. The van der Waals surface area contributed by atoms with Gasteiger partial charge >= 0.3 is 0 Å². The van der Waals surface area contributed by atoms with E-state index in [1.807, 2.05) is 6.07 Å². The summed E-state index contributed by atoms with van der Waals surface area (Å²) in [4.78, 5) is 24.1. The Labute approximate surface area is 226 Å². The van der Waals surface area contributed by atoms with Crippen LogP contribution in [0.3, 0.4) is 0 Å². The SMILES string of the molecule is C=C(C(=O)Nc1cc(NC(=O)C2CC2(Cl)Cl)ccc1Cl)/C(F)=C\C(F)=C/C.Clc1cccc(Cl)c1. The molecule has 3 rings (SSSR count). The van der Waals surface area contributed by atoms with Gasteiger partial charge in [-0.3, -0.25) is 9.59 Å². The summed E-state index contributed by atoms with van der Waals surface area (Å²) < 4.78 is 25.8. The minimum absolute atomic E-state index is 0.110. The van der Waals surface area contributed by atoms with Gasteiger partial charge in [-0.15, -0.1) is 23.2 Å². The van der Waals surface area contributed by atoms with E-state index in [4.69, 9.17) is 58.0 Å². The zero-order chi connectivity index (χ0) is 26.3. The lowest BCUT2D eigenvalue weighted by Crippen LogP contribution is -2.18. The van der Waals surface area contributed by atoms with Crippen LogP contribution in [0.15, 0.2) is 78.4 Å². The van der Waals surface area contributed by atoms with Crippen molar-refractivity contribution in [3.05, 3.63) is 93.5 Å². The molecule has 0 aromatic heterocycles. The normalized spacial score (nSPS) is 16.5. The second-order valence-electron chi connectivity index (χ2n) is 7.24. The molecule has 35 heavy (non-hydrogen) atoms. The Morgan fingerprint density at radius 1 is 1.06 bits per heavy atom. The largest absolute Gasteiger partial charge is 0.326 e. The van der Waals surface area contributed by atoms with Crippen molar-refractivity contribution in [1.29, 1.82) is 0 Å². The number of amides is 2. The molecule has 2 aromatic rings. The third-order valence-electron chi connectivity index (χ3n) is 4.51. The van der Waals surface area contributed by atoms with E-state index in [1.165, 1.54) is 25.1 Å². The van der Waals surface area contributed by atoms with Crippen molar-refractivity contribution in [3.8, 4) is 0 Å². The first-order chi connectivity index (χ1) is 16.3. The Balaban J connectivity index is 0.000000456. The van der Waals surface area contributed by atoms with Gasteiger partial charge in [-0.05, 0) is 49.7 Å². The highest BCUT2D eigenvalue weighted by Crippen LogP contribution is 2.53. The minimum atomic E-state index is -1.13. The van der Waals surface area contributed by atoms with Gasteiger partial charge in [0.2, 0.25) is 5.91 Å². The first-order valence-corrected chi connectivity index (χ1v) is 11.8. The number of alkyl halides is 2. The van der Waals surface area contributed by atoms with Crippen molar-refractivity contribution in [2.75, 3.05) is 10.6 Å². The van der Waals surface area contributed by atoms with Crippen LogP contribution in [0.1, 0.15) is 13.3 Å². The van der Waals surface area contributed by atoms with Crippen LogP contribution in [0.5, 0.6) is 0 Å². The summed E-state index contributed by atoms with van der Waals surface area (Å²) in [6.07, 6.45) is 1.91. The Bertz CT molecular complexity index is 1180. The number of anilines is 2. The molecule has 1 atom stereocenters. The van der Waals surface area contributed by atoms with E-state index in [-0.39, 0.29) is 16.6 Å². The van der Waals surface area contributed by atoms with Crippen LogP contribution in [-0.2, 0) is 9.59 Å². The number of allylic oxidation sites excluding steroid dienone is 3. The standard InChI is InChI=1S/C18H15Cl3F2N2O2.C6H4Cl2/c1-3-10(22)6-14(23)9(2)16(26)25-15-7-11(4-5-13(15)19)24-17(27)12-8-18(12,20)21;7-5-2-1-3-6(8)4-5/h3-7,12H,2,8H2,1H3,(H,24,27)(H,25,26);1-4H/b10-3+,14-6+;. The number of carbonyl (C=O) groups excluding carboxylic acids is 2.